The summed E-state index contributed by atoms with van der Waals surface area (Å²) in [5.74, 6) is -2.78. The number of hydrogen-bond acceptors (Lipinski definition) is 4. The standard InChI is InChI=1S/C31H38FN3O4/c1-30-17-18-31(39-30)25(24(30)27(36)33-23-14-12-21(32)13-15-23)29(38)35(19-16-20-8-4-2-5-9-20)26(31)28(37)34-22-10-6-3-7-11-22/h8,12-15,17-18,22,24-26H,2-7,9-11,16,19H2,1H3,(H,33,36)(H,34,37)/t24?,25-,26?,30-,31?/m0/s1. The molecule has 2 aliphatic carbocycles. The van der Waals surface area contributed by atoms with E-state index in [1.54, 1.807) is 4.90 Å². The van der Waals surface area contributed by atoms with Gasteiger partial charge in [0.1, 0.15) is 17.5 Å². The molecular formula is C31H38FN3O4. The number of allylic oxidation sites excluding steroid dienone is 1. The fraction of sp³-hybridized carbons (Fsp3) is 0.581. The van der Waals surface area contributed by atoms with Gasteiger partial charge in [0.15, 0.2) is 0 Å². The molecule has 5 aliphatic rings. The second-order valence-corrected chi connectivity index (χ2v) is 12.1. The average Bonchev–Trinajstić information content (AvgIpc) is 3.50. The Hall–Kier alpha value is -3.00. The number of carbonyl (C=O) groups excluding carboxylic acids is 3. The number of carbonyl (C=O) groups is 3. The van der Waals surface area contributed by atoms with Crippen molar-refractivity contribution in [1.82, 2.24) is 10.2 Å². The zero-order valence-corrected chi connectivity index (χ0v) is 22.6. The number of ether oxygens (including phenoxy) is 1. The Balaban J connectivity index is 1.30. The second-order valence-electron chi connectivity index (χ2n) is 12.1. The van der Waals surface area contributed by atoms with Crippen LogP contribution < -0.4 is 10.6 Å². The van der Waals surface area contributed by atoms with Gasteiger partial charge in [-0.2, -0.15) is 0 Å². The van der Waals surface area contributed by atoms with Crippen molar-refractivity contribution in [2.24, 2.45) is 11.8 Å². The van der Waals surface area contributed by atoms with E-state index >= 15 is 0 Å². The lowest BCUT2D eigenvalue weighted by Crippen LogP contribution is -2.56. The van der Waals surface area contributed by atoms with E-state index in [1.807, 2.05) is 19.1 Å². The molecule has 6 rings (SSSR count). The van der Waals surface area contributed by atoms with Gasteiger partial charge >= 0.3 is 0 Å². The molecule has 1 aromatic rings. The Morgan fingerprint density at radius 1 is 1.05 bits per heavy atom. The predicted octanol–water partition coefficient (Wildman–Crippen LogP) is 4.64. The summed E-state index contributed by atoms with van der Waals surface area (Å²) in [5.41, 5.74) is -0.445. The van der Waals surface area contributed by atoms with Crippen LogP contribution in [0.4, 0.5) is 10.1 Å². The van der Waals surface area contributed by atoms with Gasteiger partial charge in [0, 0.05) is 18.3 Å². The summed E-state index contributed by atoms with van der Waals surface area (Å²) in [6, 6.07) is 4.82. The minimum Gasteiger partial charge on any atom is -0.356 e. The topological polar surface area (TPSA) is 87.7 Å². The van der Waals surface area contributed by atoms with Crippen molar-refractivity contribution in [3.8, 4) is 0 Å². The van der Waals surface area contributed by atoms with Gasteiger partial charge < -0.3 is 20.3 Å². The highest BCUT2D eigenvalue weighted by atomic mass is 19.1. The van der Waals surface area contributed by atoms with Crippen molar-refractivity contribution in [2.75, 3.05) is 11.9 Å². The Morgan fingerprint density at radius 3 is 2.54 bits per heavy atom. The molecule has 1 aromatic carbocycles. The smallest absolute Gasteiger partial charge is 0.246 e. The highest BCUT2D eigenvalue weighted by Gasteiger charge is 2.76. The molecule has 3 fully saturated rings. The number of amides is 3. The summed E-state index contributed by atoms with van der Waals surface area (Å²) < 4.78 is 20.0. The second kappa shape index (κ2) is 10.2. The first-order valence-electron chi connectivity index (χ1n) is 14.6. The first-order chi connectivity index (χ1) is 18.8. The molecule has 3 amide bonds. The molecule has 2 saturated heterocycles. The maximum atomic E-state index is 14.2. The SMILES string of the molecule is C[C@@]12C=CC3(O1)C(C(=O)NC1CCCCC1)N(CCC1=CCCCC1)C(=O)[C@@H]3C2C(=O)Nc1ccc(F)cc1. The van der Waals surface area contributed by atoms with E-state index in [1.165, 1.54) is 42.7 Å². The van der Waals surface area contributed by atoms with E-state index in [2.05, 4.69) is 16.7 Å². The van der Waals surface area contributed by atoms with Crippen molar-refractivity contribution >= 4 is 23.4 Å². The average molecular weight is 536 g/mol. The minimum absolute atomic E-state index is 0.0930. The van der Waals surface area contributed by atoms with E-state index in [9.17, 15) is 18.8 Å². The Morgan fingerprint density at radius 2 is 1.82 bits per heavy atom. The van der Waals surface area contributed by atoms with Crippen molar-refractivity contribution in [3.63, 3.8) is 0 Å². The van der Waals surface area contributed by atoms with E-state index in [-0.39, 0.29) is 23.8 Å². The predicted molar refractivity (Wildman–Crippen MR) is 145 cm³/mol. The third kappa shape index (κ3) is 4.60. The van der Waals surface area contributed by atoms with Gasteiger partial charge in [0.05, 0.1) is 17.4 Å². The third-order valence-corrected chi connectivity index (χ3v) is 9.45. The van der Waals surface area contributed by atoms with Crippen LogP contribution in [0.15, 0.2) is 48.1 Å². The van der Waals surface area contributed by atoms with Gasteiger partial charge in [-0.25, -0.2) is 4.39 Å². The highest BCUT2D eigenvalue weighted by Crippen LogP contribution is 2.60. The minimum atomic E-state index is -1.20. The fourth-order valence-corrected chi connectivity index (χ4v) is 7.55. The van der Waals surface area contributed by atoms with Crippen molar-refractivity contribution in [3.05, 3.63) is 53.9 Å². The molecule has 8 heteroatoms. The zero-order chi connectivity index (χ0) is 27.2. The van der Waals surface area contributed by atoms with Crippen LogP contribution >= 0.6 is 0 Å². The summed E-state index contributed by atoms with van der Waals surface area (Å²) >= 11 is 0. The molecule has 7 nitrogen and oxygen atoms in total. The first-order valence-corrected chi connectivity index (χ1v) is 14.6. The van der Waals surface area contributed by atoms with Crippen LogP contribution in [0.25, 0.3) is 0 Å². The van der Waals surface area contributed by atoms with Crippen LogP contribution in [-0.2, 0) is 19.1 Å². The normalized spacial score (nSPS) is 33.7. The number of nitrogens with one attached hydrogen (secondary N) is 2. The third-order valence-electron chi connectivity index (χ3n) is 9.45. The van der Waals surface area contributed by atoms with Gasteiger partial charge in [-0.15, -0.1) is 0 Å². The number of likely N-dealkylation sites (tertiary alicyclic amines) is 1. The van der Waals surface area contributed by atoms with Gasteiger partial charge in [-0.3, -0.25) is 14.4 Å². The van der Waals surface area contributed by atoms with Crippen LogP contribution in [-0.4, -0.2) is 52.5 Å². The quantitative estimate of drug-likeness (QED) is 0.498. The Labute approximate surface area is 229 Å². The summed E-state index contributed by atoms with van der Waals surface area (Å²) in [7, 11) is 0. The summed E-state index contributed by atoms with van der Waals surface area (Å²) in [5, 5.41) is 6.10. The first kappa shape index (κ1) is 26.2. The van der Waals surface area contributed by atoms with E-state index in [0.29, 0.717) is 12.2 Å². The van der Waals surface area contributed by atoms with Crippen LogP contribution in [0.3, 0.4) is 0 Å². The molecule has 1 spiro atoms. The molecule has 208 valence electrons. The molecule has 39 heavy (non-hydrogen) atoms. The van der Waals surface area contributed by atoms with Gasteiger partial charge in [0.25, 0.3) is 0 Å². The summed E-state index contributed by atoms with van der Waals surface area (Å²) in [6.45, 7) is 2.23. The van der Waals surface area contributed by atoms with Crippen LogP contribution in [0.2, 0.25) is 0 Å². The van der Waals surface area contributed by atoms with Crippen molar-refractivity contribution < 1.29 is 23.5 Å². The number of halogens is 1. The van der Waals surface area contributed by atoms with Crippen LogP contribution in [0, 0.1) is 17.7 Å². The van der Waals surface area contributed by atoms with E-state index < -0.39 is 34.9 Å². The molecule has 0 aromatic heterocycles. The molecular weight excluding hydrogens is 497 g/mol. The lowest BCUT2D eigenvalue weighted by Gasteiger charge is -2.35. The molecule has 3 aliphatic heterocycles. The van der Waals surface area contributed by atoms with Crippen LogP contribution in [0.1, 0.15) is 71.1 Å². The largest absolute Gasteiger partial charge is 0.356 e. The number of benzene rings is 1. The van der Waals surface area contributed by atoms with E-state index in [4.69, 9.17) is 4.74 Å². The van der Waals surface area contributed by atoms with Gasteiger partial charge in [-0.1, -0.05) is 43.1 Å². The number of hydrogen-bond donors (Lipinski definition) is 2. The molecule has 0 radical (unpaired) electrons. The van der Waals surface area contributed by atoms with Crippen LogP contribution in [0.5, 0.6) is 0 Å². The molecule has 2 N–H and O–H groups in total. The zero-order valence-electron chi connectivity index (χ0n) is 22.6. The van der Waals surface area contributed by atoms with Crippen molar-refractivity contribution in [1.29, 1.82) is 0 Å². The lowest BCUT2D eigenvalue weighted by atomic mass is 9.70. The maximum Gasteiger partial charge on any atom is 0.246 e. The van der Waals surface area contributed by atoms with Crippen molar-refractivity contribution in [2.45, 2.75) is 94.4 Å². The number of rotatable bonds is 7. The Bertz CT molecular complexity index is 1210. The fourth-order valence-electron chi connectivity index (χ4n) is 7.55. The molecule has 5 atom stereocenters. The number of nitrogens with zero attached hydrogens (tertiary/aromatic N) is 1. The maximum absolute atomic E-state index is 14.2. The summed E-state index contributed by atoms with van der Waals surface area (Å²) in [6.07, 6.45) is 16.3. The molecule has 3 heterocycles. The number of fused-ring (bicyclic) bond motifs is 1. The summed E-state index contributed by atoms with van der Waals surface area (Å²) in [4.78, 5) is 43.5. The van der Waals surface area contributed by atoms with Gasteiger partial charge in [-0.05, 0) is 76.1 Å². The molecule has 1 saturated carbocycles. The molecule has 2 bridgehead atoms. The monoisotopic (exact) mass is 535 g/mol. The van der Waals surface area contributed by atoms with Gasteiger partial charge in [0.2, 0.25) is 17.7 Å². The highest BCUT2D eigenvalue weighted by molar-refractivity contribution is 6.03. The van der Waals surface area contributed by atoms with E-state index in [0.717, 1.165) is 51.4 Å². The lowest BCUT2D eigenvalue weighted by molar-refractivity contribution is -0.144. The Kier molecular flexibility index (Phi) is 6.86. The number of anilines is 1. The molecule has 3 unspecified atom stereocenters.